The maximum absolute atomic E-state index is 11.9. The summed E-state index contributed by atoms with van der Waals surface area (Å²) in [6.07, 6.45) is 1.47. The van der Waals surface area contributed by atoms with Gasteiger partial charge in [0.1, 0.15) is 0 Å². The highest BCUT2D eigenvalue weighted by atomic mass is 16.4. The van der Waals surface area contributed by atoms with Crippen LogP contribution < -0.4 is 5.32 Å². The Balaban J connectivity index is 2.25. The van der Waals surface area contributed by atoms with E-state index in [4.69, 9.17) is 5.11 Å². The molecule has 5 nitrogen and oxygen atoms in total. The Bertz CT molecular complexity index is 297. The number of nitrogens with zero attached hydrogens (tertiary/aromatic N) is 1. The first-order chi connectivity index (χ1) is 8.40. The zero-order valence-electron chi connectivity index (χ0n) is 11.5. The van der Waals surface area contributed by atoms with E-state index in [2.05, 4.69) is 19.2 Å². The van der Waals surface area contributed by atoms with E-state index in [0.717, 1.165) is 13.1 Å². The largest absolute Gasteiger partial charge is 0.481 e. The monoisotopic (exact) mass is 256 g/mol. The number of hydrogen-bond acceptors (Lipinski definition) is 2. The number of carbonyl (C=O) groups excluding carboxylic acids is 1. The van der Waals surface area contributed by atoms with E-state index in [9.17, 15) is 9.59 Å². The molecule has 2 amide bonds. The van der Waals surface area contributed by atoms with E-state index in [1.165, 1.54) is 0 Å². The van der Waals surface area contributed by atoms with Gasteiger partial charge in [-0.05, 0) is 31.6 Å². The summed E-state index contributed by atoms with van der Waals surface area (Å²) in [6.45, 7) is 7.87. The molecule has 0 radical (unpaired) electrons. The van der Waals surface area contributed by atoms with Crippen LogP contribution in [0.5, 0.6) is 0 Å². The number of carbonyl (C=O) groups is 2. The molecule has 1 rings (SSSR count). The molecule has 1 heterocycles. The predicted molar refractivity (Wildman–Crippen MR) is 69.4 cm³/mol. The van der Waals surface area contributed by atoms with Crippen molar-refractivity contribution in [3.05, 3.63) is 0 Å². The van der Waals surface area contributed by atoms with Crippen LogP contribution in [0.4, 0.5) is 4.79 Å². The molecule has 18 heavy (non-hydrogen) atoms. The molecule has 0 saturated carbocycles. The van der Waals surface area contributed by atoms with Gasteiger partial charge in [0, 0.05) is 25.6 Å². The van der Waals surface area contributed by atoms with Crippen LogP contribution in [-0.2, 0) is 4.79 Å². The minimum Gasteiger partial charge on any atom is -0.481 e. The van der Waals surface area contributed by atoms with Gasteiger partial charge >= 0.3 is 12.0 Å². The first-order valence-electron chi connectivity index (χ1n) is 6.67. The highest BCUT2D eigenvalue weighted by molar-refractivity contribution is 5.74. The Morgan fingerprint density at radius 1 is 1.33 bits per heavy atom. The summed E-state index contributed by atoms with van der Waals surface area (Å²) in [7, 11) is 0. The lowest BCUT2D eigenvalue weighted by Crippen LogP contribution is -2.42. The number of rotatable bonds is 5. The number of aliphatic carboxylic acids is 1. The molecule has 0 aromatic carbocycles. The Labute approximate surface area is 109 Å². The maximum atomic E-state index is 11.9. The van der Waals surface area contributed by atoms with Crippen LogP contribution in [0.3, 0.4) is 0 Å². The first-order valence-corrected chi connectivity index (χ1v) is 6.67. The second kappa shape index (κ2) is 6.61. The van der Waals surface area contributed by atoms with Crippen LogP contribution in [0.1, 0.15) is 40.0 Å². The molecule has 0 aromatic rings. The average Bonchev–Trinajstić information content (AvgIpc) is 2.58. The lowest BCUT2D eigenvalue weighted by molar-refractivity contribution is -0.137. The molecule has 1 saturated heterocycles. The molecule has 1 aliphatic heterocycles. The van der Waals surface area contributed by atoms with E-state index in [1.807, 2.05) is 11.8 Å². The van der Waals surface area contributed by atoms with Crippen molar-refractivity contribution in [3.63, 3.8) is 0 Å². The summed E-state index contributed by atoms with van der Waals surface area (Å²) in [5, 5.41) is 11.5. The van der Waals surface area contributed by atoms with Gasteiger partial charge in [-0.15, -0.1) is 0 Å². The van der Waals surface area contributed by atoms with Crippen molar-refractivity contribution in [2.45, 2.75) is 46.1 Å². The fraction of sp³-hybridized carbons (Fsp3) is 0.846. The molecule has 3 unspecified atom stereocenters. The van der Waals surface area contributed by atoms with E-state index < -0.39 is 5.97 Å². The molecule has 1 fully saturated rings. The first kappa shape index (κ1) is 14.8. The van der Waals surface area contributed by atoms with Gasteiger partial charge in [0.05, 0.1) is 0 Å². The highest BCUT2D eigenvalue weighted by Crippen LogP contribution is 2.21. The molecule has 0 aromatic heterocycles. The van der Waals surface area contributed by atoms with E-state index in [-0.39, 0.29) is 18.5 Å². The third kappa shape index (κ3) is 4.55. The number of nitrogens with one attached hydrogen (secondary N) is 1. The van der Waals surface area contributed by atoms with Gasteiger partial charge in [-0.3, -0.25) is 4.79 Å². The SMILES string of the molecule is CC(CCCC(=O)O)NC(=O)N1CC(C)C(C)C1. The fourth-order valence-corrected chi connectivity index (χ4v) is 2.23. The molecule has 104 valence electrons. The Kier molecular flexibility index (Phi) is 5.44. The van der Waals surface area contributed by atoms with E-state index in [0.29, 0.717) is 24.7 Å². The number of urea groups is 1. The second-order valence-electron chi connectivity index (χ2n) is 5.50. The summed E-state index contributed by atoms with van der Waals surface area (Å²) in [5.41, 5.74) is 0. The topological polar surface area (TPSA) is 69.6 Å². The zero-order chi connectivity index (χ0) is 13.7. The van der Waals surface area contributed by atoms with Crippen molar-refractivity contribution in [1.29, 1.82) is 0 Å². The third-order valence-corrected chi connectivity index (χ3v) is 3.67. The van der Waals surface area contributed by atoms with Gasteiger partial charge < -0.3 is 15.3 Å². The average molecular weight is 256 g/mol. The number of likely N-dealkylation sites (tertiary alicyclic amines) is 1. The quantitative estimate of drug-likeness (QED) is 0.789. The van der Waals surface area contributed by atoms with Crippen LogP contribution in [0.25, 0.3) is 0 Å². The van der Waals surface area contributed by atoms with Crippen LogP contribution in [0, 0.1) is 11.8 Å². The summed E-state index contributed by atoms with van der Waals surface area (Å²) < 4.78 is 0. The fourth-order valence-electron chi connectivity index (χ4n) is 2.23. The van der Waals surface area contributed by atoms with Gasteiger partial charge in [-0.25, -0.2) is 4.79 Å². The van der Waals surface area contributed by atoms with Crippen molar-refractivity contribution in [1.82, 2.24) is 10.2 Å². The van der Waals surface area contributed by atoms with Gasteiger partial charge in [0.25, 0.3) is 0 Å². The predicted octanol–water partition coefficient (Wildman–Crippen LogP) is 1.93. The number of amides is 2. The van der Waals surface area contributed by atoms with Crippen molar-refractivity contribution in [2.24, 2.45) is 11.8 Å². The standard InChI is InChI=1S/C13H24N2O3/c1-9-7-15(8-10(9)2)13(18)14-11(3)5-4-6-12(16)17/h9-11H,4-8H2,1-3H3,(H,14,18)(H,16,17). The van der Waals surface area contributed by atoms with E-state index in [1.54, 1.807) is 0 Å². The molecule has 0 spiro atoms. The number of hydrogen-bond donors (Lipinski definition) is 2. The molecule has 0 bridgehead atoms. The number of carboxylic acids is 1. The third-order valence-electron chi connectivity index (χ3n) is 3.67. The Hall–Kier alpha value is -1.26. The van der Waals surface area contributed by atoms with Gasteiger partial charge in [-0.1, -0.05) is 13.8 Å². The normalized spacial score (nSPS) is 24.9. The maximum Gasteiger partial charge on any atom is 0.317 e. The molecule has 2 N–H and O–H groups in total. The van der Waals surface area contributed by atoms with Crippen molar-refractivity contribution in [3.8, 4) is 0 Å². The molecular formula is C13H24N2O3. The minimum absolute atomic E-state index is 0.0194. The highest BCUT2D eigenvalue weighted by Gasteiger charge is 2.29. The summed E-state index contributed by atoms with van der Waals surface area (Å²) in [6, 6.07) is 0.0112. The Morgan fingerprint density at radius 2 is 1.89 bits per heavy atom. The summed E-state index contributed by atoms with van der Waals surface area (Å²) in [5.74, 6) is 0.326. The van der Waals surface area contributed by atoms with Crippen molar-refractivity contribution >= 4 is 12.0 Å². The van der Waals surface area contributed by atoms with Crippen LogP contribution in [-0.4, -0.2) is 41.1 Å². The lowest BCUT2D eigenvalue weighted by Gasteiger charge is -2.20. The smallest absolute Gasteiger partial charge is 0.317 e. The minimum atomic E-state index is -0.782. The van der Waals surface area contributed by atoms with Crippen LogP contribution in [0.2, 0.25) is 0 Å². The van der Waals surface area contributed by atoms with Crippen molar-refractivity contribution < 1.29 is 14.7 Å². The van der Waals surface area contributed by atoms with Crippen LogP contribution >= 0.6 is 0 Å². The molecule has 3 atom stereocenters. The molecular weight excluding hydrogens is 232 g/mol. The molecule has 5 heteroatoms. The van der Waals surface area contributed by atoms with Gasteiger partial charge in [-0.2, -0.15) is 0 Å². The van der Waals surface area contributed by atoms with Crippen LogP contribution in [0.15, 0.2) is 0 Å². The lowest BCUT2D eigenvalue weighted by atomic mass is 10.0. The van der Waals surface area contributed by atoms with E-state index >= 15 is 0 Å². The van der Waals surface area contributed by atoms with Gasteiger partial charge in [0.2, 0.25) is 0 Å². The Morgan fingerprint density at radius 3 is 2.39 bits per heavy atom. The zero-order valence-corrected chi connectivity index (χ0v) is 11.5. The van der Waals surface area contributed by atoms with Crippen molar-refractivity contribution in [2.75, 3.05) is 13.1 Å². The summed E-state index contributed by atoms with van der Waals surface area (Å²) in [4.78, 5) is 24.2. The second-order valence-corrected chi connectivity index (χ2v) is 5.50. The summed E-state index contributed by atoms with van der Waals surface area (Å²) >= 11 is 0. The molecule has 0 aliphatic carbocycles. The molecule has 1 aliphatic rings. The van der Waals surface area contributed by atoms with Gasteiger partial charge in [0.15, 0.2) is 0 Å². The number of carboxylic acid groups (broad SMARTS) is 1.